The lowest BCUT2D eigenvalue weighted by atomic mass is 10.1. The third kappa shape index (κ3) is 4.83. The van der Waals surface area contributed by atoms with Gasteiger partial charge in [-0.25, -0.2) is 0 Å². The highest BCUT2D eigenvalue weighted by molar-refractivity contribution is 6.31. The number of anilines is 1. The van der Waals surface area contributed by atoms with Crippen molar-refractivity contribution < 1.29 is 4.79 Å². The van der Waals surface area contributed by atoms with E-state index in [-0.39, 0.29) is 5.91 Å². The molecule has 0 bridgehead atoms. The maximum absolute atomic E-state index is 12.3. The van der Waals surface area contributed by atoms with Crippen LogP contribution in [-0.4, -0.2) is 10.9 Å². The summed E-state index contributed by atoms with van der Waals surface area (Å²) in [5.41, 5.74) is 4.50. The fraction of sp³-hybridized carbons (Fsp3) is 0.143. The topological polar surface area (TPSA) is 54.0 Å². The van der Waals surface area contributed by atoms with Gasteiger partial charge in [0, 0.05) is 30.0 Å². The van der Waals surface area contributed by atoms with Crippen LogP contribution in [0, 0.1) is 6.92 Å². The standard InChI is InChI=1S/C21H20ClN3O/c1-15-6-8-16(9-7-15)13-24-18-10-11-23-20(12-18)21(26)25-14-17-4-2-3-5-19(17)22/h2-12H,13-14H2,1H3,(H,23,24)(H,25,26). The zero-order chi connectivity index (χ0) is 18.4. The molecule has 0 saturated carbocycles. The van der Waals surface area contributed by atoms with Gasteiger partial charge in [-0.2, -0.15) is 0 Å². The molecule has 0 radical (unpaired) electrons. The monoisotopic (exact) mass is 365 g/mol. The van der Waals surface area contributed by atoms with Crippen molar-refractivity contribution >= 4 is 23.2 Å². The zero-order valence-electron chi connectivity index (χ0n) is 14.5. The smallest absolute Gasteiger partial charge is 0.270 e. The average Bonchev–Trinajstić information content (AvgIpc) is 2.67. The molecule has 0 aliphatic carbocycles. The van der Waals surface area contributed by atoms with Gasteiger partial charge in [0.05, 0.1) is 0 Å². The number of carbonyl (C=O) groups is 1. The SMILES string of the molecule is Cc1ccc(CNc2ccnc(C(=O)NCc3ccccc3Cl)c2)cc1. The van der Waals surface area contributed by atoms with Gasteiger partial charge < -0.3 is 10.6 Å². The lowest BCUT2D eigenvalue weighted by molar-refractivity contribution is 0.0946. The Labute approximate surface area is 158 Å². The van der Waals surface area contributed by atoms with Crippen LogP contribution in [0.15, 0.2) is 66.9 Å². The number of pyridine rings is 1. The van der Waals surface area contributed by atoms with E-state index in [0.29, 0.717) is 23.8 Å². The fourth-order valence-corrected chi connectivity index (χ4v) is 2.69. The Morgan fingerprint density at radius 2 is 1.81 bits per heavy atom. The van der Waals surface area contributed by atoms with Gasteiger partial charge >= 0.3 is 0 Å². The van der Waals surface area contributed by atoms with Gasteiger partial charge in [0.25, 0.3) is 5.91 Å². The molecule has 3 aromatic rings. The highest BCUT2D eigenvalue weighted by Crippen LogP contribution is 2.15. The molecule has 1 amide bonds. The first-order valence-electron chi connectivity index (χ1n) is 8.39. The largest absolute Gasteiger partial charge is 0.381 e. The van der Waals surface area contributed by atoms with Gasteiger partial charge in [-0.05, 0) is 36.2 Å². The van der Waals surface area contributed by atoms with E-state index >= 15 is 0 Å². The minimum absolute atomic E-state index is 0.232. The maximum atomic E-state index is 12.3. The number of benzene rings is 2. The minimum Gasteiger partial charge on any atom is -0.381 e. The summed E-state index contributed by atoms with van der Waals surface area (Å²) in [7, 11) is 0. The van der Waals surface area contributed by atoms with E-state index in [4.69, 9.17) is 11.6 Å². The molecule has 1 aromatic heterocycles. The van der Waals surface area contributed by atoms with Crippen LogP contribution >= 0.6 is 11.6 Å². The molecule has 0 saturated heterocycles. The minimum atomic E-state index is -0.232. The maximum Gasteiger partial charge on any atom is 0.270 e. The Morgan fingerprint density at radius 3 is 2.58 bits per heavy atom. The van der Waals surface area contributed by atoms with Crippen molar-refractivity contribution in [3.63, 3.8) is 0 Å². The molecule has 5 heteroatoms. The summed E-state index contributed by atoms with van der Waals surface area (Å²) in [4.78, 5) is 16.5. The molecule has 0 fully saturated rings. The van der Waals surface area contributed by atoms with E-state index in [9.17, 15) is 4.79 Å². The van der Waals surface area contributed by atoms with Crippen molar-refractivity contribution in [2.45, 2.75) is 20.0 Å². The summed E-state index contributed by atoms with van der Waals surface area (Å²) in [6.45, 7) is 3.11. The van der Waals surface area contributed by atoms with Crippen molar-refractivity contribution in [3.8, 4) is 0 Å². The van der Waals surface area contributed by atoms with E-state index in [1.807, 2.05) is 24.3 Å². The predicted molar refractivity (Wildman–Crippen MR) is 105 cm³/mol. The van der Waals surface area contributed by atoms with E-state index < -0.39 is 0 Å². The molecular weight excluding hydrogens is 346 g/mol. The molecule has 0 aliphatic rings. The Bertz CT molecular complexity index is 894. The molecule has 0 spiro atoms. The molecule has 0 unspecified atom stereocenters. The number of nitrogens with zero attached hydrogens (tertiary/aromatic N) is 1. The third-order valence-electron chi connectivity index (χ3n) is 4.01. The van der Waals surface area contributed by atoms with Crippen molar-refractivity contribution in [2.75, 3.05) is 5.32 Å². The van der Waals surface area contributed by atoms with E-state index in [2.05, 4.69) is 46.8 Å². The first kappa shape index (κ1) is 18.0. The van der Waals surface area contributed by atoms with Crippen LogP contribution in [0.4, 0.5) is 5.69 Å². The van der Waals surface area contributed by atoms with Crippen LogP contribution in [0.3, 0.4) is 0 Å². The number of hydrogen-bond acceptors (Lipinski definition) is 3. The fourth-order valence-electron chi connectivity index (χ4n) is 2.48. The number of aryl methyl sites for hydroxylation is 1. The molecule has 26 heavy (non-hydrogen) atoms. The Balaban J connectivity index is 1.60. The number of halogens is 1. The van der Waals surface area contributed by atoms with Crippen molar-refractivity contribution in [2.24, 2.45) is 0 Å². The average molecular weight is 366 g/mol. The summed E-state index contributed by atoms with van der Waals surface area (Å²) in [5, 5.41) is 6.80. The lowest BCUT2D eigenvalue weighted by Gasteiger charge is -2.09. The van der Waals surface area contributed by atoms with Gasteiger partial charge in [-0.1, -0.05) is 59.6 Å². The lowest BCUT2D eigenvalue weighted by Crippen LogP contribution is -2.24. The number of rotatable bonds is 6. The first-order valence-corrected chi connectivity index (χ1v) is 8.77. The van der Waals surface area contributed by atoms with Crippen molar-refractivity contribution in [1.29, 1.82) is 0 Å². The predicted octanol–water partition coefficient (Wildman–Crippen LogP) is 4.59. The second kappa shape index (κ2) is 8.50. The summed E-state index contributed by atoms with van der Waals surface area (Å²) >= 11 is 6.11. The van der Waals surface area contributed by atoms with Gasteiger partial charge in [-0.3, -0.25) is 9.78 Å². The molecule has 0 atom stereocenters. The second-order valence-electron chi connectivity index (χ2n) is 6.04. The van der Waals surface area contributed by atoms with Crippen LogP contribution in [0.1, 0.15) is 27.2 Å². The van der Waals surface area contributed by atoms with E-state index in [0.717, 1.165) is 11.3 Å². The van der Waals surface area contributed by atoms with Crippen LogP contribution in [0.25, 0.3) is 0 Å². The van der Waals surface area contributed by atoms with Crippen molar-refractivity contribution in [3.05, 3.63) is 94.3 Å². The molecule has 132 valence electrons. The highest BCUT2D eigenvalue weighted by atomic mass is 35.5. The van der Waals surface area contributed by atoms with Crippen molar-refractivity contribution in [1.82, 2.24) is 10.3 Å². The Hall–Kier alpha value is -2.85. The summed E-state index contributed by atoms with van der Waals surface area (Å²) in [6, 6.07) is 19.4. The number of amides is 1. The van der Waals surface area contributed by atoms with Gasteiger partial charge in [-0.15, -0.1) is 0 Å². The second-order valence-corrected chi connectivity index (χ2v) is 6.45. The third-order valence-corrected chi connectivity index (χ3v) is 4.38. The molecular formula is C21H20ClN3O. The van der Waals surface area contributed by atoms with Crippen LogP contribution < -0.4 is 10.6 Å². The first-order chi connectivity index (χ1) is 12.6. The van der Waals surface area contributed by atoms with E-state index in [1.54, 1.807) is 18.3 Å². The number of carbonyl (C=O) groups excluding carboxylic acids is 1. The van der Waals surface area contributed by atoms with Crippen LogP contribution in [0.2, 0.25) is 5.02 Å². The molecule has 0 aliphatic heterocycles. The number of hydrogen-bond donors (Lipinski definition) is 2. The Morgan fingerprint density at radius 1 is 1.04 bits per heavy atom. The van der Waals surface area contributed by atoms with Gasteiger partial charge in [0.2, 0.25) is 0 Å². The van der Waals surface area contributed by atoms with Gasteiger partial charge in [0.1, 0.15) is 5.69 Å². The van der Waals surface area contributed by atoms with Crippen LogP contribution in [-0.2, 0) is 13.1 Å². The highest BCUT2D eigenvalue weighted by Gasteiger charge is 2.09. The molecule has 3 rings (SSSR count). The Kier molecular flexibility index (Phi) is 5.87. The normalized spacial score (nSPS) is 10.4. The summed E-state index contributed by atoms with van der Waals surface area (Å²) in [5.74, 6) is -0.232. The molecule has 4 nitrogen and oxygen atoms in total. The van der Waals surface area contributed by atoms with E-state index in [1.165, 1.54) is 11.1 Å². The summed E-state index contributed by atoms with van der Waals surface area (Å²) in [6.07, 6.45) is 1.63. The quantitative estimate of drug-likeness (QED) is 0.672. The van der Waals surface area contributed by atoms with Gasteiger partial charge in [0.15, 0.2) is 0 Å². The summed E-state index contributed by atoms with van der Waals surface area (Å²) < 4.78 is 0. The number of nitrogens with one attached hydrogen (secondary N) is 2. The van der Waals surface area contributed by atoms with Crippen LogP contribution in [0.5, 0.6) is 0 Å². The molecule has 1 heterocycles. The number of aromatic nitrogens is 1. The molecule has 2 N–H and O–H groups in total. The molecule has 2 aromatic carbocycles. The zero-order valence-corrected chi connectivity index (χ0v) is 15.3.